The summed E-state index contributed by atoms with van der Waals surface area (Å²) in [4.78, 5) is 18.1. The van der Waals surface area contributed by atoms with Crippen molar-refractivity contribution >= 4 is 17.5 Å². The lowest BCUT2D eigenvalue weighted by Crippen LogP contribution is -2.46. The van der Waals surface area contributed by atoms with Crippen LogP contribution in [0.5, 0.6) is 0 Å². The van der Waals surface area contributed by atoms with Crippen molar-refractivity contribution in [3.05, 3.63) is 30.1 Å². The van der Waals surface area contributed by atoms with Crippen LogP contribution in [0.4, 0.5) is 0 Å². The highest BCUT2D eigenvalue weighted by Crippen LogP contribution is 2.23. The molecule has 1 N–H and O–H groups in total. The first kappa shape index (κ1) is 15.3. The number of hydrogen-bond acceptors (Lipinski definition) is 3. The SMILES string of the molecule is CC(Cl)C(=O)NC1CCN(C(C)c2ccncc2)CC1. The summed E-state index contributed by atoms with van der Waals surface area (Å²) in [6, 6.07) is 4.77. The number of likely N-dealkylation sites (tertiary alicyclic amines) is 1. The summed E-state index contributed by atoms with van der Waals surface area (Å²) in [7, 11) is 0. The van der Waals surface area contributed by atoms with Gasteiger partial charge in [-0.05, 0) is 44.4 Å². The number of alkyl halides is 1. The second kappa shape index (κ2) is 7.04. The Hall–Kier alpha value is -1.13. The van der Waals surface area contributed by atoms with Crippen molar-refractivity contribution in [3.8, 4) is 0 Å². The second-order valence-corrected chi connectivity index (χ2v) is 6.05. The molecule has 1 amide bonds. The molecule has 1 aliphatic rings. The summed E-state index contributed by atoms with van der Waals surface area (Å²) in [5.41, 5.74) is 1.29. The van der Waals surface area contributed by atoms with Gasteiger partial charge >= 0.3 is 0 Å². The van der Waals surface area contributed by atoms with Crippen molar-refractivity contribution in [3.63, 3.8) is 0 Å². The molecule has 4 nitrogen and oxygen atoms in total. The molecule has 1 aliphatic heterocycles. The van der Waals surface area contributed by atoms with E-state index < -0.39 is 5.38 Å². The molecular formula is C15H22ClN3O. The largest absolute Gasteiger partial charge is 0.352 e. The molecule has 5 heteroatoms. The number of aromatic nitrogens is 1. The zero-order valence-electron chi connectivity index (χ0n) is 12.1. The molecule has 0 aromatic carbocycles. The van der Waals surface area contributed by atoms with E-state index in [1.807, 2.05) is 12.4 Å². The van der Waals surface area contributed by atoms with Gasteiger partial charge in [0.2, 0.25) is 5.91 Å². The summed E-state index contributed by atoms with van der Waals surface area (Å²) >= 11 is 5.78. The molecule has 1 fully saturated rings. The number of halogens is 1. The Morgan fingerprint density at radius 2 is 1.95 bits per heavy atom. The molecule has 0 saturated carbocycles. The van der Waals surface area contributed by atoms with E-state index in [0.29, 0.717) is 6.04 Å². The van der Waals surface area contributed by atoms with Gasteiger partial charge in [-0.3, -0.25) is 14.7 Å². The molecule has 1 aromatic rings. The fourth-order valence-corrected chi connectivity index (χ4v) is 2.66. The highest BCUT2D eigenvalue weighted by atomic mass is 35.5. The summed E-state index contributed by atoms with van der Waals surface area (Å²) in [5.74, 6) is -0.0627. The van der Waals surface area contributed by atoms with E-state index in [1.165, 1.54) is 5.56 Å². The van der Waals surface area contributed by atoms with Gasteiger partial charge < -0.3 is 5.32 Å². The van der Waals surface area contributed by atoms with Crippen LogP contribution in [0, 0.1) is 0 Å². The minimum Gasteiger partial charge on any atom is -0.352 e. The fraction of sp³-hybridized carbons (Fsp3) is 0.600. The monoisotopic (exact) mass is 295 g/mol. The number of nitrogens with one attached hydrogen (secondary N) is 1. The zero-order valence-corrected chi connectivity index (χ0v) is 12.8. The quantitative estimate of drug-likeness (QED) is 0.867. The Labute approximate surface area is 125 Å². The molecule has 0 radical (unpaired) electrons. The lowest BCUT2D eigenvalue weighted by molar-refractivity contribution is -0.121. The third kappa shape index (κ3) is 3.93. The van der Waals surface area contributed by atoms with Gasteiger partial charge in [0.05, 0.1) is 0 Å². The third-order valence-corrected chi connectivity index (χ3v) is 4.17. The first-order chi connectivity index (χ1) is 9.58. The van der Waals surface area contributed by atoms with Crippen LogP contribution < -0.4 is 5.32 Å². The molecule has 2 unspecified atom stereocenters. The predicted molar refractivity (Wildman–Crippen MR) is 80.7 cm³/mol. The lowest BCUT2D eigenvalue weighted by atomic mass is 10.0. The molecule has 0 aliphatic carbocycles. The minimum absolute atomic E-state index is 0.0627. The van der Waals surface area contributed by atoms with Crippen LogP contribution in [-0.2, 0) is 4.79 Å². The Bertz CT molecular complexity index is 430. The van der Waals surface area contributed by atoms with Gasteiger partial charge in [-0.25, -0.2) is 0 Å². The number of carbonyl (C=O) groups is 1. The molecule has 1 saturated heterocycles. The number of nitrogens with zero attached hydrogens (tertiary/aromatic N) is 2. The van der Waals surface area contributed by atoms with Gasteiger partial charge in [0.15, 0.2) is 0 Å². The van der Waals surface area contributed by atoms with E-state index in [2.05, 4.69) is 34.3 Å². The maximum absolute atomic E-state index is 11.6. The summed E-state index contributed by atoms with van der Waals surface area (Å²) in [6.45, 7) is 5.91. The topological polar surface area (TPSA) is 45.2 Å². The maximum atomic E-state index is 11.6. The van der Waals surface area contributed by atoms with Gasteiger partial charge in [-0.2, -0.15) is 0 Å². The number of pyridine rings is 1. The van der Waals surface area contributed by atoms with Crippen molar-refractivity contribution < 1.29 is 4.79 Å². The lowest BCUT2D eigenvalue weighted by Gasteiger charge is -2.36. The average Bonchev–Trinajstić information content (AvgIpc) is 2.48. The Morgan fingerprint density at radius 1 is 1.35 bits per heavy atom. The number of rotatable bonds is 4. The van der Waals surface area contributed by atoms with E-state index in [1.54, 1.807) is 6.92 Å². The van der Waals surface area contributed by atoms with E-state index in [0.717, 1.165) is 25.9 Å². The minimum atomic E-state index is -0.455. The number of piperidine rings is 1. The number of hydrogen-bond donors (Lipinski definition) is 1. The Balaban J connectivity index is 1.84. The first-order valence-corrected chi connectivity index (χ1v) is 7.60. The molecular weight excluding hydrogens is 274 g/mol. The van der Waals surface area contributed by atoms with Gasteiger partial charge in [0.25, 0.3) is 0 Å². The maximum Gasteiger partial charge on any atom is 0.237 e. The number of carbonyl (C=O) groups excluding carboxylic acids is 1. The molecule has 20 heavy (non-hydrogen) atoms. The zero-order chi connectivity index (χ0) is 14.5. The Kier molecular flexibility index (Phi) is 5.38. The van der Waals surface area contributed by atoms with Gasteiger partial charge in [-0.1, -0.05) is 0 Å². The van der Waals surface area contributed by atoms with Crippen LogP contribution in [0.2, 0.25) is 0 Å². The summed E-state index contributed by atoms with van der Waals surface area (Å²) in [6.07, 6.45) is 5.62. The molecule has 2 rings (SSSR count). The van der Waals surface area contributed by atoms with Crippen molar-refractivity contribution in [2.75, 3.05) is 13.1 Å². The van der Waals surface area contributed by atoms with Crippen LogP contribution in [0.15, 0.2) is 24.5 Å². The van der Waals surface area contributed by atoms with E-state index in [4.69, 9.17) is 11.6 Å². The Morgan fingerprint density at radius 3 is 2.50 bits per heavy atom. The van der Waals surface area contributed by atoms with Crippen molar-refractivity contribution in [1.29, 1.82) is 0 Å². The highest BCUT2D eigenvalue weighted by molar-refractivity contribution is 6.30. The molecule has 1 aromatic heterocycles. The van der Waals surface area contributed by atoms with Crippen LogP contribution in [0.25, 0.3) is 0 Å². The van der Waals surface area contributed by atoms with E-state index >= 15 is 0 Å². The first-order valence-electron chi connectivity index (χ1n) is 7.16. The van der Waals surface area contributed by atoms with E-state index in [-0.39, 0.29) is 11.9 Å². The normalized spacial score (nSPS) is 20.4. The highest BCUT2D eigenvalue weighted by Gasteiger charge is 2.25. The summed E-state index contributed by atoms with van der Waals surface area (Å²) < 4.78 is 0. The van der Waals surface area contributed by atoms with Crippen LogP contribution in [-0.4, -0.2) is 40.3 Å². The smallest absolute Gasteiger partial charge is 0.237 e. The standard InChI is InChI=1S/C15H22ClN3O/c1-11(16)15(20)18-14-5-9-19(10-6-14)12(2)13-3-7-17-8-4-13/h3-4,7-8,11-12,14H,5-6,9-10H2,1-2H3,(H,18,20). The third-order valence-electron chi connectivity index (χ3n) is 3.97. The fourth-order valence-electron chi connectivity index (χ4n) is 2.60. The van der Waals surface area contributed by atoms with Crippen molar-refractivity contribution in [2.24, 2.45) is 0 Å². The number of amides is 1. The van der Waals surface area contributed by atoms with Crippen molar-refractivity contribution in [2.45, 2.75) is 44.1 Å². The van der Waals surface area contributed by atoms with Crippen LogP contribution in [0.3, 0.4) is 0 Å². The predicted octanol–water partition coefficient (Wildman–Crippen LogP) is 2.35. The van der Waals surface area contributed by atoms with Crippen LogP contribution in [0.1, 0.15) is 38.3 Å². The molecule has 2 atom stereocenters. The van der Waals surface area contributed by atoms with Gasteiger partial charge in [-0.15, -0.1) is 11.6 Å². The molecule has 0 spiro atoms. The van der Waals surface area contributed by atoms with E-state index in [9.17, 15) is 4.79 Å². The second-order valence-electron chi connectivity index (χ2n) is 5.39. The van der Waals surface area contributed by atoms with Crippen LogP contribution >= 0.6 is 11.6 Å². The molecule has 2 heterocycles. The molecule has 0 bridgehead atoms. The van der Waals surface area contributed by atoms with Gasteiger partial charge in [0, 0.05) is 37.6 Å². The molecule has 110 valence electrons. The summed E-state index contributed by atoms with van der Waals surface area (Å²) in [5, 5.41) is 2.56. The van der Waals surface area contributed by atoms with Gasteiger partial charge in [0.1, 0.15) is 5.38 Å². The van der Waals surface area contributed by atoms with Crippen molar-refractivity contribution in [1.82, 2.24) is 15.2 Å². The average molecular weight is 296 g/mol.